The number of ether oxygens (including phenoxy) is 1. The van der Waals surface area contributed by atoms with Gasteiger partial charge in [0.25, 0.3) is 0 Å². The van der Waals surface area contributed by atoms with Crippen molar-refractivity contribution in [3.8, 4) is 0 Å². The molecule has 0 spiro atoms. The fourth-order valence-electron chi connectivity index (χ4n) is 1.44. The molecule has 1 unspecified atom stereocenters. The normalized spacial score (nSPS) is 21.1. The summed E-state index contributed by atoms with van der Waals surface area (Å²) in [6, 6.07) is 0.269. The van der Waals surface area contributed by atoms with Gasteiger partial charge in [0.05, 0.1) is 13.2 Å². The first kappa shape index (κ1) is 9.54. The minimum Gasteiger partial charge on any atom is -0.464 e. The Morgan fingerprint density at radius 1 is 1.64 bits per heavy atom. The first-order valence-electron chi connectivity index (χ1n) is 4.46. The van der Waals surface area contributed by atoms with Gasteiger partial charge < -0.3 is 10.1 Å². The van der Waals surface area contributed by atoms with E-state index in [4.69, 9.17) is 0 Å². The minimum absolute atomic E-state index is 0.269. The van der Waals surface area contributed by atoms with Gasteiger partial charge in [-0.25, -0.2) is 4.79 Å². The maximum Gasteiger partial charge on any atom is 0.369 e. The fraction of sp³-hybridized carbons (Fsp3) is 0.625. The zero-order valence-electron chi connectivity index (χ0n) is 7.82. The first-order chi connectivity index (χ1) is 6.81. The molecule has 0 amide bonds. The zero-order valence-corrected chi connectivity index (χ0v) is 8.63. The second-order valence-electron chi connectivity index (χ2n) is 3.09. The van der Waals surface area contributed by atoms with E-state index in [9.17, 15) is 4.79 Å². The molecule has 1 N–H and O–H groups in total. The Morgan fingerprint density at radius 3 is 3.14 bits per heavy atom. The van der Waals surface area contributed by atoms with Crippen LogP contribution in [0.2, 0.25) is 0 Å². The molecule has 2 rings (SSSR count). The SMILES string of the molecule is COC(=O)c1nnc(C2CCCN2)s1. The van der Waals surface area contributed by atoms with E-state index < -0.39 is 5.97 Å². The van der Waals surface area contributed by atoms with Gasteiger partial charge >= 0.3 is 5.97 Å². The van der Waals surface area contributed by atoms with Crippen molar-refractivity contribution in [3.63, 3.8) is 0 Å². The Bertz CT molecular complexity index is 333. The summed E-state index contributed by atoms with van der Waals surface area (Å²) in [5.74, 6) is -0.410. The lowest BCUT2D eigenvalue weighted by atomic mass is 10.2. The van der Waals surface area contributed by atoms with E-state index in [1.165, 1.54) is 18.4 Å². The zero-order chi connectivity index (χ0) is 9.97. The maximum absolute atomic E-state index is 11.1. The van der Waals surface area contributed by atoms with Crippen LogP contribution in [0.5, 0.6) is 0 Å². The average Bonchev–Trinajstić information content (AvgIpc) is 2.86. The second-order valence-corrected chi connectivity index (χ2v) is 4.10. The van der Waals surface area contributed by atoms with Crippen LogP contribution in [0.25, 0.3) is 0 Å². The van der Waals surface area contributed by atoms with Crippen molar-refractivity contribution in [2.24, 2.45) is 0 Å². The van der Waals surface area contributed by atoms with Gasteiger partial charge in [-0.05, 0) is 19.4 Å². The number of nitrogens with zero attached hydrogens (tertiary/aromatic N) is 2. The highest BCUT2D eigenvalue weighted by Crippen LogP contribution is 2.25. The van der Waals surface area contributed by atoms with Crippen molar-refractivity contribution in [1.82, 2.24) is 15.5 Å². The Labute approximate surface area is 85.5 Å². The molecule has 5 nitrogen and oxygen atoms in total. The van der Waals surface area contributed by atoms with Gasteiger partial charge in [0.1, 0.15) is 5.01 Å². The van der Waals surface area contributed by atoms with Crippen molar-refractivity contribution in [1.29, 1.82) is 0 Å². The predicted molar refractivity (Wildman–Crippen MR) is 51.2 cm³/mol. The largest absolute Gasteiger partial charge is 0.464 e. The number of carbonyl (C=O) groups excluding carboxylic acids is 1. The molecule has 0 radical (unpaired) electrons. The van der Waals surface area contributed by atoms with Crippen molar-refractivity contribution in [3.05, 3.63) is 10.0 Å². The lowest BCUT2D eigenvalue weighted by Gasteiger charge is -2.02. The number of methoxy groups -OCH3 is 1. The number of hydrogen-bond acceptors (Lipinski definition) is 6. The van der Waals surface area contributed by atoms with Crippen molar-refractivity contribution < 1.29 is 9.53 Å². The van der Waals surface area contributed by atoms with E-state index in [1.807, 2.05) is 0 Å². The number of rotatable bonds is 2. The summed E-state index contributed by atoms with van der Waals surface area (Å²) < 4.78 is 4.56. The third kappa shape index (κ3) is 1.76. The van der Waals surface area contributed by atoms with Crippen LogP contribution in [0.1, 0.15) is 33.7 Å². The third-order valence-electron chi connectivity index (χ3n) is 2.16. The number of aromatic nitrogens is 2. The monoisotopic (exact) mass is 213 g/mol. The Kier molecular flexibility index (Phi) is 2.74. The van der Waals surface area contributed by atoms with Gasteiger partial charge in [-0.3, -0.25) is 0 Å². The van der Waals surface area contributed by atoms with Gasteiger partial charge in [-0.2, -0.15) is 0 Å². The van der Waals surface area contributed by atoms with E-state index in [1.54, 1.807) is 0 Å². The van der Waals surface area contributed by atoms with Crippen molar-refractivity contribution in [2.45, 2.75) is 18.9 Å². The Hall–Kier alpha value is -1.01. The molecule has 0 bridgehead atoms. The molecule has 14 heavy (non-hydrogen) atoms. The van der Waals surface area contributed by atoms with Gasteiger partial charge in [-0.15, -0.1) is 10.2 Å². The van der Waals surface area contributed by atoms with Gasteiger partial charge in [0.15, 0.2) is 0 Å². The average molecular weight is 213 g/mol. The quantitative estimate of drug-likeness (QED) is 0.734. The molecule has 1 atom stereocenters. The fourth-order valence-corrected chi connectivity index (χ4v) is 2.31. The van der Waals surface area contributed by atoms with Crippen LogP contribution >= 0.6 is 11.3 Å². The Morgan fingerprint density at radius 2 is 2.50 bits per heavy atom. The standard InChI is InChI=1S/C8H11N3O2S/c1-13-8(12)7-11-10-6(14-7)5-3-2-4-9-5/h5,9H,2-4H2,1H3. The highest BCUT2D eigenvalue weighted by molar-refractivity contribution is 7.13. The first-order valence-corrected chi connectivity index (χ1v) is 5.28. The second kappa shape index (κ2) is 4.02. The summed E-state index contributed by atoms with van der Waals surface area (Å²) >= 11 is 1.30. The van der Waals surface area contributed by atoms with E-state index in [2.05, 4.69) is 20.3 Å². The highest BCUT2D eigenvalue weighted by Gasteiger charge is 2.22. The predicted octanol–water partition coefficient (Wildman–Crippen LogP) is 0.749. The van der Waals surface area contributed by atoms with Crippen LogP contribution in [0, 0.1) is 0 Å². The molecule has 76 valence electrons. The van der Waals surface area contributed by atoms with Crippen LogP contribution in [0.4, 0.5) is 0 Å². The number of nitrogens with one attached hydrogen (secondary N) is 1. The molecular formula is C8H11N3O2S. The molecule has 1 saturated heterocycles. The van der Waals surface area contributed by atoms with Gasteiger partial charge in [0, 0.05) is 0 Å². The lowest BCUT2D eigenvalue weighted by Crippen LogP contribution is -2.12. The molecule has 0 aromatic carbocycles. The van der Waals surface area contributed by atoms with E-state index in [0.717, 1.165) is 24.4 Å². The molecule has 1 aromatic rings. The summed E-state index contributed by atoms with van der Waals surface area (Å²) in [4.78, 5) is 11.1. The molecule has 1 fully saturated rings. The lowest BCUT2D eigenvalue weighted by molar-refractivity contribution is 0.0599. The van der Waals surface area contributed by atoms with E-state index in [-0.39, 0.29) is 6.04 Å². The summed E-state index contributed by atoms with van der Waals surface area (Å²) in [6.07, 6.45) is 2.22. The molecule has 6 heteroatoms. The van der Waals surface area contributed by atoms with Crippen molar-refractivity contribution >= 4 is 17.3 Å². The molecular weight excluding hydrogens is 202 g/mol. The van der Waals surface area contributed by atoms with Gasteiger partial charge in [0.2, 0.25) is 5.01 Å². The van der Waals surface area contributed by atoms with Crippen LogP contribution in [-0.2, 0) is 4.74 Å². The maximum atomic E-state index is 11.1. The third-order valence-corrected chi connectivity index (χ3v) is 3.18. The summed E-state index contributed by atoms with van der Waals surface area (Å²) in [5.41, 5.74) is 0. The smallest absolute Gasteiger partial charge is 0.369 e. The topological polar surface area (TPSA) is 64.1 Å². The van der Waals surface area contributed by atoms with Crippen LogP contribution in [0.15, 0.2) is 0 Å². The number of carbonyl (C=O) groups is 1. The van der Waals surface area contributed by atoms with E-state index in [0.29, 0.717) is 5.01 Å². The van der Waals surface area contributed by atoms with Gasteiger partial charge in [-0.1, -0.05) is 11.3 Å². The Balaban J connectivity index is 2.12. The summed E-state index contributed by atoms with van der Waals surface area (Å²) in [5, 5.41) is 12.3. The highest BCUT2D eigenvalue weighted by atomic mass is 32.1. The minimum atomic E-state index is -0.410. The van der Waals surface area contributed by atoms with Crippen LogP contribution in [0.3, 0.4) is 0 Å². The molecule has 0 aliphatic carbocycles. The van der Waals surface area contributed by atoms with Crippen LogP contribution in [-0.4, -0.2) is 29.8 Å². The van der Waals surface area contributed by atoms with Crippen LogP contribution < -0.4 is 5.32 Å². The molecule has 1 aliphatic heterocycles. The number of hydrogen-bond donors (Lipinski definition) is 1. The number of esters is 1. The summed E-state index contributed by atoms with van der Waals surface area (Å²) in [6.45, 7) is 1.01. The molecule has 1 aliphatic rings. The molecule has 0 saturated carbocycles. The molecule has 2 heterocycles. The van der Waals surface area contributed by atoms with E-state index >= 15 is 0 Å². The van der Waals surface area contributed by atoms with Crippen molar-refractivity contribution in [2.75, 3.05) is 13.7 Å². The summed E-state index contributed by atoms with van der Waals surface area (Å²) in [7, 11) is 1.34. The molecule has 1 aromatic heterocycles.